The van der Waals surface area contributed by atoms with Gasteiger partial charge >= 0.3 is 5.97 Å². The number of carbonyl (C=O) groups is 2. The van der Waals surface area contributed by atoms with Crippen molar-refractivity contribution in [2.45, 2.75) is 77.2 Å². The number of nitrogens with one attached hydrogen (secondary N) is 1. The number of amides is 1. The Morgan fingerprint density at radius 2 is 1.82 bits per heavy atom. The van der Waals surface area contributed by atoms with Crippen molar-refractivity contribution in [3.05, 3.63) is 12.2 Å². The minimum atomic E-state index is -0.964. The molecule has 0 heterocycles. The molecule has 0 bridgehead atoms. The first-order valence-corrected chi connectivity index (χ1v) is 8.48. The zero-order valence-corrected chi connectivity index (χ0v) is 13.9. The van der Waals surface area contributed by atoms with Crippen molar-refractivity contribution >= 4 is 11.9 Å². The molecule has 0 aromatic rings. The number of carboxylic acid groups (broad SMARTS) is 1. The Hall–Kier alpha value is -1.36. The van der Waals surface area contributed by atoms with Crippen molar-refractivity contribution in [2.75, 3.05) is 6.54 Å². The van der Waals surface area contributed by atoms with Crippen molar-refractivity contribution in [1.82, 2.24) is 5.32 Å². The number of unbranched alkanes of at least 4 members (excludes halogenated alkanes) is 5. The van der Waals surface area contributed by atoms with Crippen LogP contribution in [-0.4, -0.2) is 29.6 Å². The summed E-state index contributed by atoms with van der Waals surface area (Å²) in [5, 5.41) is 11.5. The summed E-state index contributed by atoms with van der Waals surface area (Å²) in [5.74, 6) is -0.873. The number of allylic oxidation sites excluding steroid dienone is 2. The summed E-state index contributed by atoms with van der Waals surface area (Å²) in [5.41, 5.74) is 5.40. The summed E-state index contributed by atoms with van der Waals surface area (Å²) in [4.78, 5) is 22.1. The Morgan fingerprint density at radius 1 is 1.09 bits per heavy atom. The van der Waals surface area contributed by atoms with E-state index in [9.17, 15) is 9.59 Å². The van der Waals surface area contributed by atoms with Crippen molar-refractivity contribution in [1.29, 1.82) is 0 Å². The second-order valence-electron chi connectivity index (χ2n) is 5.62. The third-order valence-electron chi connectivity index (χ3n) is 3.51. The van der Waals surface area contributed by atoms with Crippen LogP contribution in [0.15, 0.2) is 12.2 Å². The quantitative estimate of drug-likeness (QED) is 0.339. The van der Waals surface area contributed by atoms with Gasteiger partial charge in [-0.05, 0) is 44.9 Å². The maximum absolute atomic E-state index is 11.6. The predicted octanol–water partition coefficient (Wildman–Crippen LogP) is 2.99. The summed E-state index contributed by atoms with van der Waals surface area (Å²) in [7, 11) is 0. The normalized spacial score (nSPS) is 12.5. The zero-order valence-electron chi connectivity index (χ0n) is 13.9. The summed E-state index contributed by atoms with van der Waals surface area (Å²) >= 11 is 0. The second-order valence-corrected chi connectivity index (χ2v) is 5.62. The van der Waals surface area contributed by atoms with Gasteiger partial charge in [0.2, 0.25) is 5.91 Å². The number of rotatable bonds is 14. The Balaban J connectivity index is 3.33. The van der Waals surface area contributed by atoms with E-state index in [2.05, 4.69) is 24.4 Å². The molecule has 128 valence electrons. The van der Waals surface area contributed by atoms with Gasteiger partial charge < -0.3 is 16.2 Å². The molecule has 0 aliphatic carbocycles. The average molecular weight is 312 g/mol. The van der Waals surface area contributed by atoms with Gasteiger partial charge in [-0.2, -0.15) is 0 Å². The number of hydrogen-bond donors (Lipinski definition) is 3. The molecule has 4 N–H and O–H groups in total. The van der Waals surface area contributed by atoms with Gasteiger partial charge in [-0.3, -0.25) is 9.59 Å². The van der Waals surface area contributed by atoms with Crippen molar-refractivity contribution < 1.29 is 14.7 Å². The topological polar surface area (TPSA) is 92.4 Å². The smallest absolute Gasteiger partial charge is 0.320 e. The highest BCUT2D eigenvalue weighted by molar-refractivity contribution is 5.75. The van der Waals surface area contributed by atoms with Crippen LogP contribution in [0.2, 0.25) is 0 Å². The molecule has 0 spiro atoms. The lowest BCUT2D eigenvalue weighted by atomic mass is 10.1. The Bertz CT molecular complexity index is 330. The molecule has 0 aromatic heterocycles. The van der Waals surface area contributed by atoms with Crippen molar-refractivity contribution in [2.24, 2.45) is 5.73 Å². The van der Waals surface area contributed by atoms with Gasteiger partial charge in [0, 0.05) is 13.0 Å². The minimum absolute atomic E-state index is 0.0911. The molecule has 0 saturated heterocycles. The molecule has 0 rings (SSSR count). The van der Waals surface area contributed by atoms with Crippen LogP contribution in [0.25, 0.3) is 0 Å². The van der Waals surface area contributed by atoms with Crippen LogP contribution in [0.3, 0.4) is 0 Å². The van der Waals surface area contributed by atoms with Gasteiger partial charge in [-0.1, -0.05) is 31.9 Å². The molecule has 0 unspecified atom stereocenters. The van der Waals surface area contributed by atoms with Gasteiger partial charge in [0.25, 0.3) is 0 Å². The van der Waals surface area contributed by atoms with E-state index in [1.165, 1.54) is 12.8 Å². The first-order chi connectivity index (χ1) is 10.6. The first-order valence-electron chi connectivity index (χ1n) is 8.48. The lowest BCUT2D eigenvalue weighted by Gasteiger charge is -2.07. The lowest BCUT2D eigenvalue weighted by Crippen LogP contribution is -2.30. The van der Waals surface area contributed by atoms with Crippen LogP contribution in [0.4, 0.5) is 0 Å². The van der Waals surface area contributed by atoms with Gasteiger partial charge in [0.05, 0.1) is 0 Å². The van der Waals surface area contributed by atoms with Crippen LogP contribution in [0.5, 0.6) is 0 Å². The van der Waals surface area contributed by atoms with Gasteiger partial charge in [0.15, 0.2) is 0 Å². The van der Waals surface area contributed by atoms with E-state index < -0.39 is 12.0 Å². The molecule has 0 saturated carbocycles. The molecule has 0 aliphatic heterocycles. The molecule has 5 nitrogen and oxygen atoms in total. The highest BCUT2D eigenvalue weighted by Crippen LogP contribution is 2.06. The average Bonchev–Trinajstić information content (AvgIpc) is 2.49. The molecular formula is C17H32N2O3. The number of carboxylic acids is 1. The van der Waals surface area contributed by atoms with E-state index in [0.29, 0.717) is 19.4 Å². The largest absolute Gasteiger partial charge is 0.480 e. The van der Waals surface area contributed by atoms with E-state index in [0.717, 1.165) is 38.5 Å². The maximum Gasteiger partial charge on any atom is 0.320 e. The van der Waals surface area contributed by atoms with E-state index >= 15 is 0 Å². The monoisotopic (exact) mass is 312 g/mol. The summed E-state index contributed by atoms with van der Waals surface area (Å²) < 4.78 is 0. The number of hydrogen-bond acceptors (Lipinski definition) is 3. The number of carbonyl (C=O) groups excluding carboxylic acids is 1. The van der Waals surface area contributed by atoms with Crippen LogP contribution in [0.1, 0.15) is 71.1 Å². The van der Waals surface area contributed by atoms with Gasteiger partial charge in [-0.15, -0.1) is 0 Å². The van der Waals surface area contributed by atoms with Crippen molar-refractivity contribution in [3.63, 3.8) is 0 Å². The number of aliphatic carboxylic acids is 1. The molecule has 0 radical (unpaired) electrons. The third kappa shape index (κ3) is 13.6. The van der Waals surface area contributed by atoms with E-state index in [1.807, 2.05) is 0 Å². The molecule has 1 amide bonds. The predicted molar refractivity (Wildman–Crippen MR) is 89.6 cm³/mol. The maximum atomic E-state index is 11.6. The standard InChI is InChI=1S/C17H32N2O3/c1-2-3-4-5-6-7-8-9-13-16(20)19-14-11-10-12-15(18)17(21)22/h3-4,15H,2,5-14,18H2,1H3,(H,19,20)(H,21,22)/b4-3+/t15-/m0/s1. The second kappa shape index (κ2) is 14.6. The van der Waals surface area contributed by atoms with E-state index in [-0.39, 0.29) is 5.91 Å². The fraction of sp³-hybridized carbons (Fsp3) is 0.765. The summed E-state index contributed by atoms with van der Waals surface area (Å²) in [6, 6.07) is -0.789. The molecule has 1 atom stereocenters. The third-order valence-corrected chi connectivity index (χ3v) is 3.51. The lowest BCUT2D eigenvalue weighted by molar-refractivity contribution is -0.138. The molecule has 0 aromatic carbocycles. The van der Waals surface area contributed by atoms with Gasteiger partial charge in [-0.25, -0.2) is 0 Å². The van der Waals surface area contributed by atoms with Crippen LogP contribution in [0, 0.1) is 0 Å². The summed E-state index contributed by atoms with van der Waals surface area (Å²) in [6.45, 7) is 2.74. The van der Waals surface area contributed by atoms with Crippen molar-refractivity contribution in [3.8, 4) is 0 Å². The Kier molecular flexibility index (Phi) is 13.7. The van der Waals surface area contributed by atoms with Crippen LogP contribution < -0.4 is 11.1 Å². The molecule has 0 fully saturated rings. The SMILES string of the molecule is CC/C=C/CCCCCCC(=O)NCCCC[C@H](N)C(=O)O. The van der Waals surface area contributed by atoms with Crippen LogP contribution in [-0.2, 0) is 9.59 Å². The Labute approximate surface area is 134 Å². The summed E-state index contributed by atoms with van der Waals surface area (Å²) in [6.07, 6.45) is 13.6. The van der Waals surface area contributed by atoms with E-state index in [1.54, 1.807) is 0 Å². The minimum Gasteiger partial charge on any atom is -0.480 e. The van der Waals surface area contributed by atoms with Gasteiger partial charge in [0.1, 0.15) is 6.04 Å². The molecule has 22 heavy (non-hydrogen) atoms. The molecular weight excluding hydrogens is 280 g/mol. The molecule has 0 aliphatic rings. The Morgan fingerprint density at radius 3 is 2.50 bits per heavy atom. The van der Waals surface area contributed by atoms with Crippen LogP contribution >= 0.6 is 0 Å². The number of nitrogens with two attached hydrogens (primary N) is 1. The highest BCUT2D eigenvalue weighted by atomic mass is 16.4. The zero-order chi connectivity index (χ0) is 16.6. The fourth-order valence-electron chi connectivity index (χ4n) is 2.11. The highest BCUT2D eigenvalue weighted by Gasteiger charge is 2.10. The first kappa shape index (κ1) is 20.6. The molecule has 5 heteroatoms. The van der Waals surface area contributed by atoms with E-state index in [4.69, 9.17) is 10.8 Å². The fourth-order valence-corrected chi connectivity index (χ4v) is 2.11.